The van der Waals surface area contributed by atoms with Crippen LogP contribution in [0.25, 0.3) is 0 Å². The highest BCUT2D eigenvalue weighted by Crippen LogP contribution is 2.20. The Hall–Kier alpha value is -2.31. The van der Waals surface area contributed by atoms with Crippen molar-refractivity contribution in [2.24, 2.45) is 0 Å². The van der Waals surface area contributed by atoms with Crippen LogP contribution in [0.4, 0.5) is 11.4 Å². The van der Waals surface area contributed by atoms with Crippen LogP contribution in [-0.4, -0.2) is 29.5 Å². The maximum absolute atomic E-state index is 12.1. The van der Waals surface area contributed by atoms with Crippen molar-refractivity contribution in [1.82, 2.24) is 4.98 Å². The molecule has 2 aromatic rings. The quantitative estimate of drug-likeness (QED) is 0.545. The summed E-state index contributed by atoms with van der Waals surface area (Å²) in [5.41, 5.74) is 2.15. The van der Waals surface area contributed by atoms with Gasteiger partial charge in [-0.2, -0.15) is 0 Å². The van der Waals surface area contributed by atoms with Crippen molar-refractivity contribution in [3.8, 4) is 0 Å². The lowest BCUT2D eigenvalue weighted by Gasteiger charge is -2.14. The van der Waals surface area contributed by atoms with E-state index in [1.54, 1.807) is 18.2 Å². The fraction of sp³-hybridized carbons (Fsp3) is 0.278. The van der Waals surface area contributed by atoms with Gasteiger partial charge < -0.3 is 15.4 Å². The lowest BCUT2D eigenvalue weighted by molar-refractivity contribution is -0.152. The van der Waals surface area contributed by atoms with Gasteiger partial charge in [-0.05, 0) is 43.7 Å². The highest BCUT2D eigenvalue weighted by atomic mass is 35.5. The summed E-state index contributed by atoms with van der Waals surface area (Å²) in [6.07, 6.45) is 0.666. The number of aromatic nitrogens is 1. The molecular weight excluding hydrogens is 377 g/mol. The van der Waals surface area contributed by atoms with Crippen LogP contribution in [0.3, 0.4) is 0 Å². The number of nitrogens with zero attached hydrogens (tertiary/aromatic N) is 1. The van der Waals surface area contributed by atoms with Gasteiger partial charge in [0, 0.05) is 23.5 Å². The summed E-state index contributed by atoms with van der Waals surface area (Å²) < 4.78 is 5.12. The number of rotatable bonds is 7. The van der Waals surface area contributed by atoms with Crippen LogP contribution < -0.4 is 10.6 Å². The SMILES string of the molecule is Cc1ccc(NCCC(=O)OC(C)C(=O)Nc2cccnc2Cl)cc1Cl. The first kappa shape index (κ1) is 20.0. The molecule has 8 heteroatoms. The minimum Gasteiger partial charge on any atom is -0.452 e. The number of aryl methyl sites for hydroxylation is 1. The van der Waals surface area contributed by atoms with Crippen LogP contribution in [0, 0.1) is 6.92 Å². The van der Waals surface area contributed by atoms with Crippen LogP contribution in [0.1, 0.15) is 18.9 Å². The minimum absolute atomic E-state index is 0.108. The van der Waals surface area contributed by atoms with Crippen LogP contribution in [0.15, 0.2) is 36.5 Å². The number of esters is 1. The predicted octanol–water partition coefficient (Wildman–Crippen LogP) is 4.07. The first-order chi connectivity index (χ1) is 12.4. The molecule has 0 aliphatic carbocycles. The maximum Gasteiger partial charge on any atom is 0.308 e. The van der Waals surface area contributed by atoms with E-state index >= 15 is 0 Å². The summed E-state index contributed by atoms with van der Waals surface area (Å²) in [5, 5.41) is 6.47. The molecule has 0 fully saturated rings. The molecule has 0 radical (unpaired) electrons. The lowest BCUT2D eigenvalue weighted by atomic mass is 10.2. The average Bonchev–Trinajstić information content (AvgIpc) is 2.60. The molecule has 2 N–H and O–H groups in total. The summed E-state index contributed by atoms with van der Waals surface area (Å²) in [5.74, 6) is -0.970. The van der Waals surface area contributed by atoms with Crippen LogP contribution >= 0.6 is 23.2 Å². The second-order valence-corrected chi connectivity index (χ2v) is 6.37. The number of ether oxygens (including phenoxy) is 1. The third-order valence-corrected chi connectivity index (χ3v) is 4.23. The summed E-state index contributed by atoms with van der Waals surface area (Å²) in [4.78, 5) is 27.8. The summed E-state index contributed by atoms with van der Waals surface area (Å²) in [6, 6.07) is 8.80. The highest BCUT2D eigenvalue weighted by Gasteiger charge is 2.18. The molecule has 0 aliphatic rings. The Balaban J connectivity index is 1.76. The Labute approximate surface area is 161 Å². The Morgan fingerprint density at radius 1 is 1.27 bits per heavy atom. The number of nitrogens with one attached hydrogen (secondary N) is 2. The molecular formula is C18H19Cl2N3O3. The fourth-order valence-corrected chi connectivity index (χ4v) is 2.38. The van der Waals surface area contributed by atoms with Gasteiger partial charge in [0.25, 0.3) is 5.91 Å². The molecule has 1 heterocycles. The Morgan fingerprint density at radius 3 is 2.73 bits per heavy atom. The van der Waals surface area contributed by atoms with E-state index in [1.807, 2.05) is 19.1 Å². The van der Waals surface area contributed by atoms with Gasteiger partial charge in [0.05, 0.1) is 12.1 Å². The van der Waals surface area contributed by atoms with E-state index in [0.717, 1.165) is 11.3 Å². The zero-order valence-corrected chi connectivity index (χ0v) is 15.9. The molecule has 1 unspecified atom stereocenters. The first-order valence-electron chi connectivity index (χ1n) is 7.97. The van der Waals surface area contributed by atoms with E-state index in [-0.39, 0.29) is 11.6 Å². The summed E-state index contributed by atoms with van der Waals surface area (Å²) in [7, 11) is 0. The molecule has 0 saturated heterocycles. The van der Waals surface area contributed by atoms with E-state index in [2.05, 4.69) is 15.6 Å². The first-order valence-corrected chi connectivity index (χ1v) is 8.73. The zero-order chi connectivity index (χ0) is 19.1. The van der Waals surface area contributed by atoms with Crippen molar-refractivity contribution in [1.29, 1.82) is 0 Å². The minimum atomic E-state index is -0.951. The number of carbonyl (C=O) groups is 2. The average molecular weight is 396 g/mol. The van der Waals surface area contributed by atoms with Crippen molar-refractivity contribution < 1.29 is 14.3 Å². The molecule has 1 atom stereocenters. The van der Waals surface area contributed by atoms with Gasteiger partial charge >= 0.3 is 5.97 Å². The van der Waals surface area contributed by atoms with Crippen molar-refractivity contribution in [3.63, 3.8) is 0 Å². The summed E-state index contributed by atoms with van der Waals surface area (Å²) >= 11 is 11.9. The summed E-state index contributed by atoms with van der Waals surface area (Å²) in [6.45, 7) is 3.76. The van der Waals surface area contributed by atoms with Crippen LogP contribution in [0.2, 0.25) is 10.2 Å². The van der Waals surface area contributed by atoms with E-state index in [9.17, 15) is 9.59 Å². The number of hydrogen-bond donors (Lipinski definition) is 2. The number of hydrogen-bond acceptors (Lipinski definition) is 5. The largest absolute Gasteiger partial charge is 0.452 e. The normalized spacial score (nSPS) is 11.5. The number of pyridine rings is 1. The predicted molar refractivity (Wildman–Crippen MR) is 103 cm³/mol. The maximum atomic E-state index is 12.1. The van der Waals surface area contributed by atoms with Crippen molar-refractivity contribution in [2.75, 3.05) is 17.2 Å². The van der Waals surface area contributed by atoms with Gasteiger partial charge in [0.1, 0.15) is 0 Å². The molecule has 138 valence electrons. The second kappa shape index (κ2) is 9.40. The van der Waals surface area contributed by atoms with E-state index in [1.165, 1.54) is 13.1 Å². The van der Waals surface area contributed by atoms with E-state index in [4.69, 9.17) is 27.9 Å². The number of carbonyl (C=O) groups excluding carboxylic acids is 2. The Kier molecular flexibility index (Phi) is 7.24. The molecule has 26 heavy (non-hydrogen) atoms. The Bertz CT molecular complexity index is 799. The van der Waals surface area contributed by atoms with E-state index in [0.29, 0.717) is 17.3 Å². The van der Waals surface area contributed by atoms with Gasteiger partial charge in [0.2, 0.25) is 0 Å². The van der Waals surface area contributed by atoms with Crippen molar-refractivity contribution >= 4 is 46.5 Å². The number of benzene rings is 1. The topological polar surface area (TPSA) is 80.3 Å². The molecule has 0 spiro atoms. The molecule has 1 aromatic carbocycles. The number of anilines is 2. The van der Waals surface area contributed by atoms with Gasteiger partial charge in [-0.25, -0.2) is 4.98 Å². The Morgan fingerprint density at radius 2 is 2.04 bits per heavy atom. The molecule has 1 aromatic heterocycles. The molecule has 0 bridgehead atoms. The lowest BCUT2D eigenvalue weighted by Crippen LogP contribution is -2.30. The molecule has 0 saturated carbocycles. The highest BCUT2D eigenvalue weighted by molar-refractivity contribution is 6.32. The smallest absolute Gasteiger partial charge is 0.308 e. The second-order valence-electron chi connectivity index (χ2n) is 5.60. The van der Waals surface area contributed by atoms with Gasteiger partial charge in [-0.1, -0.05) is 29.3 Å². The van der Waals surface area contributed by atoms with Crippen molar-refractivity contribution in [3.05, 3.63) is 52.3 Å². The number of amides is 1. The molecule has 6 nitrogen and oxygen atoms in total. The monoisotopic (exact) mass is 395 g/mol. The molecule has 1 amide bonds. The van der Waals surface area contributed by atoms with Gasteiger partial charge in [0.15, 0.2) is 11.3 Å². The number of halogens is 2. The van der Waals surface area contributed by atoms with Gasteiger partial charge in [-0.15, -0.1) is 0 Å². The zero-order valence-electron chi connectivity index (χ0n) is 14.4. The van der Waals surface area contributed by atoms with E-state index < -0.39 is 18.0 Å². The standard InChI is InChI=1S/C18H19Cl2N3O3/c1-11-5-6-13(10-14(11)19)21-9-7-16(24)26-12(2)18(25)23-15-4-3-8-22-17(15)20/h3-6,8,10,12,21H,7,9H2,1-2H3,(H,23,25). The molecule has 0 aliphatic heterocycles. The van der Waals surface area contributed by atoms with Crippen molar-refractivity contribution in [2.45, 2.75) is 26.4 Å². The van der Waals surface area contributed by atoms with Gasteiger partial charge in [-0.3, -0.25) is 9.59 Å². The fourth-order valence-electron chi connectivity index (χ4n) is 2.03. The van der Waals surface area contributed by atoms with Crippen LogP contribution in [0.5, 0.6) is 0 Å². The molecule has 2 rings (SSSR count). The van der Waals surface area contributed by atoms with Crippen LogP contribution in [-0.2, 0) is 14.3 Å². The third kappa shape index (κ3) is 5.89. The third-order valence-electron chi connectivity index (χ3n) is 3.52.